The summed E-state index contributed by atoms with van der Waals surface area (Å²) in [5.74, 6) is 0.497. The summed E-state index contributed by atoms with van der Waals surface area (Å²) in [5, 5.41) is 10.3. The smallest absolute Gasteiger partial charge is 0.224 e. The molecule has 2 aromatic carbocycles. The Hall–Kier alpha value is -2.62. The van der Waals surface area contributed by atoms with Gasteiger partial charge >= 0.3 is 0 Å². The van der Waals surface area contributed by atoms with Gasteiger partial charge in [-0.1, -0.05) is 19.1 Å². The number of aliphatic imine (C=N–C) groups is 1. The lowest BCUT2D eigenvalue weighted by Gasteiger charge is -2.12. The van der Waals surface area contributed by atoms with Gasteiger partial charge in [0.2, 0.25) is 5.91 Å². The molecule has 0 aliphatic rings. The molecule has 3 rings (SSSR count). The van der Waals surface area contributed by atoms with Gasteiger partial charge in [-0.3, -0.25) is 9.79 Å². The highest BCUT2D eigenvalue weighted by atomic mass is 127. The molecule has 1 amide bonds. The lowest BCUT2D eigenvalue weighted by molar-refractivity contribution is -0.116. The maximum atomic E-state index is 13.5. The third-order valence-electron chi connectivity index (χ3n) is 4.81. The van der Waals surface area contributed by atoms with Gasteiger partial charge in [0, 0.05) is 49.3 Å². The molecule has 0 spiro atoms. The van der Waals surface area contributed by atoms with E-state index in [1.54, 1.807) is 19.2 Å². The van der Waals surface area contributed by atoms with Crippen LogP contribution in [0.2, 0.25) is 0 Å². The van der Waals surface area contributed by atoms with Gasteiger partial charge in [-0.25, -0.2) is 4.39 Å². The van der Waals surface area contributed by atoms with E-state index in [0.717, 1.165) is 40.6 Å². The molecule has 3 aromatic rings. The van der Waals surface area contributed by atoms with Gasteiger partial charge in [-0.2, -0.15) is 0 Å². The van der Waals surface area contributed by atoms with Gasteiger partial charge < -0.3 is 20.9 Å². The van der Waals surface area contributed by atoms with E-state index in [1.807, 2.05) is 37.4 Å². The van der Waals surface area contributed by atoms with Crippen LogP contribution in [0.4, 0.5) is 10.1 Å². The zero-order valence-electron chi connectivity index (χ0n) is 17.8. The Labute approximate surface area is 199 Å². The number of benzene rings is 2. The molecule has 8 heteroatoms. The zero-order valence-corrected chi connectivity index (χ0v) is 20.1. The number of nitrogens with zero attached hydrogens (tertiary/aromatic N) is 1. The molecule has 6 nitrogen and oxygen atoms in total. The molecule has 1 aromatic heterocycles. The van der Waals surface area contributed by atoms with Crippen LogP contribution in [0.1, 0.15) is 30.9 Å². The summed E-state index contributed by atoms with van der Waals surface area (Å²) in [6, 6.07) is 12.5. The number of amides is 1. The van der Waals surface area contributed by atoms with Crippen LogP contribution in [-0.2, 0) is 17.8 Å². The summed E-state index contributed by atoms with van der Waals surface area (Å²) in [6.45, 7) is 3.27. The van der Waals surface area contributed by atoms with Gasteiger partial charge in [-0.15, -0.1) is 24.0 Å². The fourth-order valence-corrected chi connectivity index (χ4v) is 3.24. The van der Waals surface area contributed by atoms with Crippen molar-refractivity contribution < 1.29 is 9.18 Å². The van der Waals surface area contributed by atoms with Crippen molar-refractivity contribution in [3.8, 4) is 0 Å². The van der Waals surface area contributed by atoms with E-state index >= 15 is 0 Å². The van der Waals surface area contributed by atoms with E-state index in [-0.39, 0.29) is 35.7 Å². The molecule has 0 saturated heterocycles. The Morgan fingerprint density at radius 3 is 2.61 bits per heavy atom. The van der Waals surface area contributed by atoms with E-state index in [4.69, 9.17) is 0 Å². The monoisotopic (exact) mass is 537 g/mol. The first-order valence-electron chi connectivity index (χ1n) is 10.2. The Morgan fingerprint density at radius 1 is 1.13 bits per heavy atom. The number of guanidine groups is 1. The molecule has 4 N–H and O–H groups in total. The average molecular weight is 537 g/mol. The Balaban J connectivity index is 0.00000341. The third-order valence-corrected chi connectivity index (χ3v) is 4.81. The number of anilines is 1. The van der Waals surface area contributed by atoms with E-state index in [1.165, 1.54) is 6.07 Å². The fourth-order valence-electron chi connectivity index (χ4n) is 3.24. The van der Waals surface area contributed by atoms with Gasteiger partial charge in [0.1, 0.15) is 5.82 Å². The average Bonchev–Trinajstić information content (AvgIpc) is 3.14. The lowest BCUT2D eigenvalue weighted by atomic mass is 10.1. The van der Waals surface area contributed by atoms with Crippen molar-refractivity contribution in [1.82, 2.24) is 15.6 Å². The molecule has 0 unspecified atom stereocenters. The lowest BCUT2D eigenvalue weighted by Crippen LogP contribution is -2.37. The number of hydrogen-bond acceptors (Lipinski definition) is 2. The van der Waals surface area contributed by atoms with E-state index in [9.17, 15) is 9.18 Å². The van der Waals surface area contributed by atoms with Crippen molar-refractivity contribution in [2.24, 2.45) is 4.99 Å². The molecular formula is C23H29FIN5O. The molecule has 0 saturated carbocycles. The highest BCUT2D eigenvalue weighted by Crippen LogP contribution is 2.19. The van der Waals surface area contributed by atoms with Crippen LogP contribution in [0.3, 0.4) is 0 Å². The van der Waals surface area contributed by atoms with Crippen LogP contribution in [-0.4, -0.2) is 30.4 Å². The fraction of sp³-hybridized carbons (Fsp3) is 0.304. The standard InChI is InChI=1S/C23H28FN5O.HI/c1-3-4-22(30)29-19-8-5-16(6-9-19)14-28-23(25-2)26-12-11-17-15-27-21-10-7-18(24)13-20(17)21;/h5-10,13,15,27H,3-4,11-12,14H2,1-2H3,(H,29,30)(H2,25,26,28);1H. The summed E-state index contributed by atoms with van der Waals surface area (Å²) in [7, 11) is 1.72. The number of aromatic nitrogens is 1. The first kappa shape index (κ1) is 24.6. The molecule has 0 fully saturated rings. The number of hydrogen-bond donors (Lipinski definition) is 4. The van der Waals surface area contributed by atoms with Crippen molar-refractivity contribution in [2.75, 3.05) is 18.9 Å². The van der Waals surface area contributed by atoms with E-state index in [0.29, 0.717) is 25.5 Å². The maximum Gasteiger partial charge on any atom is 0.224 e. The van der Waals surface area contributed by atoms with Crippen LogP contribution in [0, 0.1) is 5.82 Å². The Morgan fingerprint density at radius 2 is 1.90 bits per heavy atom. The highest BCUT2D eigenvalue weighted by Gasteiger charge is 2.06. The first-order chi connectivity index (χ1) is 14.6. The number of aromatic amines is 1. The second-order valence-corrected chi connectivity index (χ2v) is 7.10. The van der Waals surface area contributed by atoms with Crippen LogP contribution >= 0.6 is 24.0 Å². The van der Waals surface area contributed by atoms with Crippen molar-refractivity contribution in [3.05, 3.63) is 65.6 Å². The summed E-state index contributed by atoms with van der Waals surface area (Å²) < 4.78 is 13.5. The highest BCUT2D eigenvalue weighted by molar-refractivity contribution is 14.0. The van der Waals surface area contributed by atoms with Crippen molar-refractivity contribution in [1.29, 1.82) is 0 Å². The predicted molar refractivity (Wildman–Crippen MR) is 136 cm³/mol. The molecule has 1 heterocycles. The van der Waals surface area contributed by atoms with E-state index < -0.39 is 0 Å². The quantitative estimate of drug-likeness (QED) is 0.193. The Bertz CT molecular complexity index is 1020. The number of halogens is 2. The van der Waals surface area contributed by atoms with Gasteiger partial charge in [-0.05, 0) is 54.3 Å². The molecule has 166 valence electrons. The minimum Gasteiger partial charge on any atom is -0.361 e. The number of nitrogens with one attached hydrogen (secondary N) is 4. The van der Waals surface area contributed by atoms with E-state index in [2.05, 4.69) is 25.9 Å². The normalized spacial score (nSPS) is 11.1. The minimum atomic E-state index is -0.232. The molecule has 0 bridgehead atoms. The summed E-state index contributed by atoms with van der Waals surface area (Å²) in [5.41, 5.74) is 3.88. The van der Waals surface area contributed by atoms with Crippen molar-refractivity contribution >= 4 is 52.4 Å². The molecule has 0 aliphatic heterocycles. The van der Waals surface area contributed by atoms with Crippen LogP contribution in [0.15, 0.2) is 53.7 Å². The summed E-state index contributed by atoms with van der Waals surface area (Å²) in [4.78, 5) is 19.1. The first-order valence-corrected chi connectivity index (χ1v) is 10.2. The summed E-state index contributed by atoms with van der Waals surface area (Å²) in [6.07, 6.45) is 4.02. The Kier molecular flexibility index (Phi) is 9.77. The largest absolute Gasteiger partial charge is 0.361 e. The van der Waals surface area contributed by atoms with Crippen molar-refractivity contribution in [2.45, 2.75) is 32.7 Å². The molecule has 0 atom stereocenters. The minimum absolute atomic E-state index is 0. The van der Waals surface area contributed by atoms with Crippen LogP contribution < -0.4 is 16.0 Å². The van der Waals surface area contributed by atoms with Crippen molar-refractivity contribution in [3.63, 3.8) is 0 Å². The topological polar surface area (TPSA) is 81.3 Å². The number of carbonyl (C=O) groups excluding carboxylic acids is 1. The number of carbonyl (C=O) groups is 1. The molecule has 0 radical (unpaired) electrons. The summed E-state index contributed by atoms with van der Waals surface area (Å²) >= 11 is 0. The number of H-pyrrole nitrogens is 1. The van der Waals surface area contributed by atoms with Gasteiger partial charge in [0.25, 0.3) is 0 Å². The predicted octanol–water partition coefficient (Wildman–Crippen LogP) is 4.57. The molecular weight excluding hydrogens is 508 g/mol. The molecule has 0 aliphatic carbocycles. The molecule has 31 heavy (non-hydrogen) atoms. The maximum absolute atomic E-state index is 13.5. The number of rotatable bonds is 8. The third kappa shape index (κ3) is 7.23. The second-order valence-electron chi connectivity index (χ2n) is 7.10. The zero-order chi connectivity index (χ0) is 21.3. The SMILES string of the molecule is CCCC(=O)Nc1ccc(CNC(=NC)NCCc2c[nH]c3ccc(F)cc23)cc1.I. The van der Waals surface area contributed by atoms with Crippen LogP contribution in [0.25, 0.3) is 10.9 Å². The van der Waals surface area contributed by atoms with Crippen LogP contribution in [0.5, 0.6) is 0 Å². The van der Waals surface area contributed by atoms with Gasteiger partial charge in [0.15, 0.2) is 5.96 Å². The second kappa shape index (κ2) is 12.3. The number of fused-ring (bicyclic) bond motifs is 1. The van der Waals surface area contributed by atoms with Gasteiger partial charge in [0.05, 0.1) is 0 Å².